The largest absolute Gasteiger partial charge is 0.508 e. The molecule has 0 saturated carbocycles. The lowest BCUT2D eigenvalue weighted by atomic mass is 10.0. The molecule has 7 N–H and O–H groups in total. The fourth-order valence-electron chi connectivity index (χ4n) is 5.29. The number of hydrogen-bond acceptors (Lipinski definition) is 11. The van der Waals surface area contributed by atoms with Crippen molar-refractivity contribution in [2.75, 3.05) is 39.6 Å². The molecule has 0 saturated heterocycles. The smallest absolute Gasteiger partial charge is 0.407 e. The van der Waals surface area contributed by atoms with E-state index in [-0.39, 0.29) is 63.1 Å². The number of aliphatic hydroxyl groups is 1. The van der Waals surface area contributed by atoms with Crippen molar-refractivity contribution < 1.29 is 53.1 Å². The zero-order valence-electron chi connectivity index (χ0n) is 31.8. The van der Waals surface area contributed by atoms with Gasteiger partial charge in [0.1, 0.15) is 32.2 Å². The van der Waals surface area contributed by atoms with Crippen LogP contribution in [0.2, 0.25) is 0 Å². The molecule has 2 aromatic carbocycles. The number of aliphatic hydroxyl groups excluding tert-OH is 1. The number of carbonyl (C=O) groups is 5. The summed E-state index contributed by atoms with van der Waals surface area (Å²) in [6.07, 6.45) is -1.21. The first-order valence-corrected chi connectivity index (χ1v) is 18.2. The van der Waals surface area contributed by atoms with Gasteiger partial charge in [-0.15, -0.1) is 0 Å². The topological polar surface area (TPSA) is 223 Å². The minimum absolute atomic E-state index is 0.0358. The van der Waals surface area contributed by atoms with Gasteiger partial charge in [-0.05, 0) is 54.4 Å². The number of benzene rings is 2. The highest BCUT2D eigenvalue weighted by Gasteiger charge is 2.24. The zero-order chi connectivity index (χ0) is 39.9. The molecular weight excluding hydrogens is 702 g/mol. The van der Waals surface area contributed by atoms with E-state index in [4.69, 9.17) is 24.1 Å². The molecule has 0 bridgehead atoms. The first kappa shape index (κ1) is 44.9. The predicted octanol–water partition coefficient (Wildman–Crippen LogP) is 3.78. The van der Waals surface area contributed by atoms with Crippen LogP contribution in [0.3, 0.4) is 0 Å². The lowest BCUT2D eigenvalue weighted by Crippen LogP contribution is -2.47. The van der Waals surface area contributed by atoms with Gasteiger partial charge in [-0.25, -0.2) is 19.2 Å². The summed E-state index contributed by atoms with van der Waals surface area (Å²) in [5, 5.41) is 31.8. The lowest BCUT2D eigenvalue weighted by Gasteiger charge is -2.25. The van der Waals surface area contributed by atoms with Crippen LogP contribution in [0, 0.1) is 11.8 Å². The van der Waals surface area contributed by atoms with Crippen molar-refractivity contribution >= 4 is 30.3 Å². The molecule has 0 heterocycles. The summed E-state index contributed by atoms with van der Waals surface area (Å²) in [5.41, 5.74) is 1.70. The predicted molar refractivity (Wildman–Crippen MR) is 200 cm³/mol. The van der Waals surface area contributed by atoms with Crippen LogP contribution in [0.25, 0.3) is 0 Å². The third kappa shape index (κ3) is 19.5. The minimum atomic E-state index is -0.789. The maximum atomic E-state index is 13.1. The Balaban J connectivity index is 1.99. The first-order valence-electron chi connectivity index (χ1n) is 18.2. The van der Waals surface area contributed by atoms with E-state index in [0.717, 1.165) is 11.1 Å². The van der Waals surface area contributed by atoms with Gasteiger partial charge in [-0.1, -0.05) is 76.6 Å². The quantitative estimate of drug-likeness (QED) is 0.0856. The van der Waals surface area contributed by atoms with Crippen molar-refractivity contribution in [1.82, 2.24) is 26.6 Å². The Hall–Kier alpha value is -5.25. The Morgan fingerprint density at radius 3 is 1.70 bits per heavy atom. The van der Waals surface area contributed by atoms with E-state index in [1.807, 2.05) is 58.0 Å². The molecule has 16 nitrogen and oxygen atoms in total. The van der Waals surface area contributed by atoms with Crippen molar-refractivity contribution in [2.45, 2.75) is 84.5 Å². The van der Waals surface area contributed by atoms with Crippen LogP contribution in [0.5, 0.6) is 5.75 Å². The Bertz CT molecular complexity index is 1430. The van der Waals surface area contributed by atoms with Crippen molar-refractivity contribution in [3.05, 3.63) is 65.7 Å². The van der Waals surface area contributed by atoms with Gasteiger partial charge in [0, 0.05) is 13.5 Å². The van der Waals surface area contributed by atoms with Crippen LogP contribution < -0.4 is 26.6 Å². The standard InChI is InChI=1S/C38H57N5O11/c1-6-26(4)34(43-38(50)53-22-31(40-27(5)45)20-29-12-14-33(46)15-13-29)24-54-37(49)42-32(19-28-10-8-7-9-11-28)23-52-36(48)41-30(18-25(2)3)21-51-35(47)39-16-17-44/h7-15,25-26,30-32,34,44,46H,6,16-24H2,1-5H3,(H,39,47)(H,40,45)(H,41,48)(H,42,49)(H,43,50)/t26?,30-,31-,32-,34+/m0/s1. The molecule has 16 heteroatoms. The van der Waals surface area contributed by atoms with Crippen LogP contribution in [0.1, 0.15) is 58.6 Å². The molecule has 0 aliphatic carbocycles. The Labute approximate surface area is 317 Å². The molecular formula is C38H57N5O11. The van der Waals surface area contributed by atoms with E-state index in [0.29, 0.717) is 25.7 Å². The van der Waals surface area contributed by atoms with Gasteiger partial charge >= 0.3 is 24.4 Å². The molecule has 0 radical (unpaired) electrons. The summed E-state index contributed by atoms with van der Waals surface area (Å²) in [6.45, 7) is 8.26. The average molecular weight is 760 g/mol. The number of rotatable bonds is 22. The maximum absolute atomic E-state index is 13.1. The third-order valence-electron chi connectivity index (χ3n) is 8.21. The van der Waals surface area contributed by atoms with E-state index in [1.165, 1.54) is 19.1 Å². The molecule has 0 fully saturated rings. The van der Waals surface area contributed by atoms with E-state index in [2.05, 4.69) is 26.6 Å². The van der Waals surface area contributed by atoms with Gasteiger partial charge in [-0.3, -0.25) is 4.79 Å². The number of ether oxygens (including phenoxy) is 4. The maximum Gasteiger partial charge on any atom is 0.407 e. The highest BCUT2D eigenvalue weighted by molar-refractivity contribution is 5.73. The van der Waals surface area contributed by atoms with Gasteiger partial charge in [0.2, 0.25) is 5.91 Å². The van der Waals surface area contributed by atoms with E-state index < -0.39 is 48.5 Å². The summed E-state index contributed by atoms with van der Waals surface area (Å²) >= 11 is 0. The summed E-state index contributed by atoms with van der Waals surface area (Å²) in [4.78, 5) is 62.4. The molecule has 5 atom stereocenters. The Morgan fingerprint density at radius 1 is 0.648 bits per heavy atom. The van der Waals surface area contributed by atoms with E-state index in [1.54, 1.807) is 12.1 Å². The van der Waals surface area contributed by atoms with Crippen LogP contribution in [-0.4, -0.2) is 104 Å². The lowest BCUT2D eigenvalue weighted by molar-refractivity contribution is -0.120. The molecule has 0 spiro atoms. The van der Waals surface area contributed by atoms with Gasteiger partial charge < -0.3 is 55.7 Å². The molecule has 1 unspecified atom stereocenters. The Kier molecular flexibility index (Phi) is 20.7. The summed E-state index contributed by atoms with van der Waals surface area (Å²) in [7, 11) is 0. The number of phenols is 1. The first-order chi connectivity index (χ1) is 25.8. The summed E-state index contributed by atoms with van der Waals surface area (Å²) in [5.74, 6) is -0.130. The number of phenolic OH excluding ortho intramolecular Hbond substituents is 1. The van der Waals surface area contributed by atoms with E-state index in [9.17, 15) is 29.1 Å². The number of alkyl carbamates (subject to hydrolysis) is 4. The molecule has 5 amide bonds. The second-order valence-electron chi connectivity index (χ2n) is 13.5. The SMILES string of the molecule is CCC(C)[C@@H](COC(=O)N[C@H](COC(=O)N[C@H](COC(=O)NCCO)CC(C)C)Cc1ccccc1)NC(=O)OC[C@H](Cc1ccc(O)cc1)NC(C)=O. The van der Waals surface area contributed by atoms with Gasteiger partial charge in [0.15, 0.2) is 0 Å². The third-order valence-corrected chi connectivity index (χ3v) is 8.21. The highest BCUT2D eigenvalue weighted by atomic mass is 16.6. The number of aromatic hydroxyl groups is 1. The second-order valence-corrected chi connectivity index (χ2v) is 13.5. The normalized spacial score (nSPS) is 13.6. The average Bonchev–Trinajstić information content (AvgIpc) is 3.13. The van der Waals surface area contributed by atoms with Crippen LogP contribution in [-0.2, 0) is 36.6 Å². The monoisotopic (exact) mass is 759 g/mol. The van der Waals surface area contributed by atoms with Crippen LogP contribution in [0.15, 0.2) is 54.6 Å². The van der Waals surface area contributed by atoms with Crippen molar-refractivity contribution in [2.24, 2.45) is 11.8 Å². The Morgan fingerprint density at radius 2 is 1.15 bits per heavy atom. The van der Waals surface area contributed by atoms with Gasteiger partial charge in [0.05, 0.1) is 30.8 Å². The number of carbonyl (C=O) groups excluding carboxylic acids is 5. The van der Waals surface area contributed by atoms with Crippen molar-refractivity contribution in [3.8, 4) is 5.75 Å². The summed E-state index contributed by atoms with van der Waals surface area (Å²) < 4.78 is 21.6. The van der Waals surface area contributed by atoms with Crippen molar-refractivity contribution in [1.29, 1.82) is 0 Å². The summed E-state index contributed by atoms with van der Waals surface area (Å²) in [6, 6.07) is 13.4. The van der Waals surface area contributed by atoms with Crippen LogP contribution in [0.4, 0.5) is 19.2 Å². The van der Waals surface area contributed by atoms with E-state index >= 15 is 0 Å². The molecule has 2 rings (SSSR count). The fraction of sp³-hybridized carbons (Fsp3) is 0.553. The zero-order valence-corrected chi connectivity index (χ0v) is 31.8. The number of nitrogens with one attached hydrogen (secondary N) is 5. The molecule has 0 aromatic heterocycles. The minimum Gasteiger partial charge on any atom is -0.508 e. The second kappa shape index (κ2) is 24.9. The molecule has 0 aliphatic rings. The van der Waals surface area contributed by atoms with Crippen LogP contribution >= 0.6 is 0 Å². The number of hydrogen-bond donors (Lipinski definition) is 7. The number of amides is 5. The molecule has 0 aliphatic heterocycles. The highest BCUT2D eigenvalue weighted by Crippen LogP contribution is 2.13. The van der Waals surface area contributed by atoms with Crippen molar-refractivity contribution in [3.63, 3.8) is 0 Å². The fourth-order valence-corrected chi connectivity index (χ4v) is 5.29. The molecule has 300 valence electrons. The molecule has 54 heavy (non-hydrogen) atoms. The molecule has 2 aromatic rings. The van der Waals surface area contributed by atoms with Gasteiger partial charge in [0.25, 0.3) is 0 Å². The van der Waals surface area contributed by atoms with Gasteiger partial charge in [-0.2, -0.15) is 0 Å².